The molecule has 6 rings (SSSR count). The number of H-pyrrole nitrogens is 1. The van der Waals surface area contributed by atoms with Gasteiger partial charge in [0, 0.05) is 41.3 Å². The van der Waals surface area contributed by atoms with Crippen molar-refractivity contribution >= 4 is 27.8 Å². The van der Waals surface area contributed by atoms with E-state index in [2.05, 4.69) is 25.6 Å². The Bertz CT molecular complexity index is 1320. The third-order valence-corrected chi connectivity index (χ3v) is 6.13. The number of aromatic amines is 1. The second-order valence-electron chi connectivity index (χ2n) is 8.43. The lowest BCUT2D eigenvalue weighted by atomic mass is 10.1. The molecule has 7 nitrogen and oxygen atoms in total. The number of halogens is 3. The summed E-state index contributed by atoms with van der Waals surface area (Å²) in [7, 11) is 0. The zero-order valence-corrected chi connectivity index (χ0v) is 17.0. The largest absolute Gasteiger partial charge is 0.431 e. The molecule has 0 amide bonds. The van der Waals surface area contributed by atoms with Crippen LogP contribution >= 0.6 is 0 Å². The molecule has 164 valence electrons. The van der Waals surface area contributed by atoms with Crippen molar-refractivity contribution in [3.63, 3.8) is 0 Å². The zero-order valence-electron chi connectivity index (χ0n) is 17.0. The fourth-order valence-corrected chi connectivity index (χ4v) is 4.38. The predicted octanol–water partition coefficient (Wildman–Crippen LogP) is 4.24. The van der Waals surface area contributed by atoms with Gasteiger partial charge in [-0.25, -0.2) is 15.0 Å². The van der Waals surface area contributed by atoms with Gasteiger partial charge in [-0.3, -0.25) is 4.98 Å². The van der Waals surface area contributed by atoms with E-state index < -0.39 is 11.9 Å². The van der Waals surface area contributed by atoms with Crippen LogP contribution < -0.4 is 10.6 Å². The van der Waals surface area contributed by atoms with E-state index in [0.717, 1.165) is 49.4 Å². The summed E-state index contributed by atoms with van der Waals surface area (Å²) in [5.74, 6) is 1.51. The van der Waals surface area contributed by atoms with E-state index in [9.17, 15) is 13.2 Å². The first-order chi connectivity index (χ1) is 15.5. The minimum Gasteiger partial charge on any atom is -0.365 e. The minimum atomic E-state index is -4.49. The van der Waals surface area contributed by atoms with E-state index >= 15 is 0 Å². The van der Waals surface area contributed by atoms with E-state index in [1.165, 1.54) is 6.20 Å². The summed E-state index contributed by atoms with van der Waals surface area (Å²) < 4.78 is 39.8. The molecule has 0 radical (unpaired) electrons. The first-order valence-electron chi connectivity index (χ1n) is 10.7. The van der Waals surface area contributed by atoms with E-state index in [4.69, 9.17) is 9.97 Å². The summed E-state index contributed by atoms with van der Waals surface area (Å²) >= 11 is 0. The summed E-state index contributed by atoms with van der Waals surface area (Å²) in [4.78, 5) is 20.4. The number of rotatable bonds is 4. The van der Waals surface area contributed by atoms with Gasteiger partial charge in [-0.15, -0.1) is 0 Å². The number of pyridine rings is 2. The van der Waals surface area contributed by atoms with Gasteiger partial charge in [0.25, 0.3) is 0 Å². The molecule has 32 heavy (non-hydrogen) atoms. The first-order valence-corrected chi connectivity index (χ1v) is 10.7. The third kappa shape index (κ3) is 3.35. The van der Waals surface area contributed by atoms with Crippen molar-refractivity contribution in [2.45, 2.75) is 37.4 Å². The van der Waals surface area contributed by atoms with Crippen molar-refractivity contribution < 1.29 is 13.2 Å². The van der Waals surface area contributed by atoms with Gasteiger partial charge in [-0.2, -0.15) is 13.2 Å². The zero-order chi connectivity index (χ0) is 21.9. The van der Waals surface area contributed by atoms with Crippen molar-refractivity contribution in [2.75, 3.05) is 18.4 Å². The van der Waals surface area contributed by atoms with Crippen LogP contribution in [0.25, 0.3) is 33.3 Å². The van der Waals surface area contributed by atoms with Crippen molar-refractivity contribution in [2.24, 2.45) is 0 Å². The molecule has 4 aromatic rings. The van der Waals surface area contributed by atoms with Gasteiger partial charge in [0.15, 0.2) is 5.82 Å². The normalized spacial score (nSPS) is 19.2. The molecule has 10 heteroatoms. The molecule has 4 aromatic heterocycles. The van der Waals surface area contributed by atoms with Crippen LogP contribution in [0.2, 0.25) is 0 Å². The van der Waals surface area contributed by atoms with E-state index in [0.29, 0.717) is 34.0 Å². The van der Waals surface area contributed by atoms with Crippen LogP contribution in [0.15, 0.2) is 30.7 Å². The average Bonchev–Trinajstić information content (AvgIpc) is 3.29. The molecular formula is C22H20F3N7. The number of alkyl halides is 3. The summed E-state index contributed by atoms with van der Waals surface area (Å²) in [5, 5.41) is 8.17. The number of anilines is 1. The molecule has 1 saturated carbocycles. The summed E-state index contributed by atoms with van der Waals surface area (Å²) in [5.41, 5.74) is 1.61. The van der Waals surface area contributed by atoms with E-state index in [-0.39, 0.29) is 11.7 Å². The highest BCUT2D eigenvalue weighted by Crippen LogP contribution is 2.44. The van der Waals surface area contributed by atoms with Gasteiger partial charge in [0.05, 0.1) is 11.7 Å². The van der Waals surface area contributed by atoms with Crippen molar-refractivity contribution in [1.82, 2.24) is 30.2 Å². The second-order valence-corrected chi connectivity index (χ2v) is 8.43. The number of hydrogen-bond donors (Lipinski definition) is 3. The SMILES string of the molecule is FC(F)(F)c1cc2c(-c3nc(NC4CCNC4)c4c(C5CC5)cncc4n3)ccnc2[nH]1. The van der Waals surface area contributed by atoms with Crippen LogP contribution in [0.4, 0.5) is 19.0 Å². The van der Waals surface area contributed by atoms with Gasteiger partial charge in [0.1, 0.15) is 17.2 Å². The molecule has 0 spiro atoms. The van der Waals surface area contributed by atoms with Gasteiger partial charge in [-0.05, 0) is 49.4 Å². The monoisotopic (exact) mass is 439 g/mol. The number of nitrogens with one attached hydrogen (secondary N) is 3. The molecule has 0 aromatic carbocycles. The number of hydrogen-bond acceptors (Lipinski definition) is 6. The highest BCUT2D eigenvalue weighted by Gasteiger charge is 2.33. The van der Waals surface area contributed by atoms with Crippen LogP contribution in [-0.2, 0) is 6.18 Å². The van der Waals surface area contributed by atoms with Crippen LogP contribution in [0.1, 0.15) is 36.4 Å². The predicted molar refractivity (Wildman–Crippen MR) is 114 cm³/mol. The Morgan fingerprint density at radius 3 is 2.72 bits per heavy atom. The van der Waals surface area contributed by atoms with E-state index in [1.807, 2.05) is 6.20 Å². The number of aromatic nitrogens is 5. The Labute approximate surface area is 180 Å². The Kier molecular flexibility index (Phi) is 4.32. The Hall–Kier alpha value is -3.27. The van der Waals surface area contributed by atoms with Crippen LogP contribution in [0, 0.1) is 0 Å². The quantitative estimate of drug-likeness (QED) is 0.441. The van der Waals surface area contributed by atoms with Gasteiger partial charge >= 0.3 is 6.18 Å². The lowest BCUT2D eigenvalue weighted by Gasteiger charge is -2.17. The number of fused-ring (bicyclic) bond motifs is 2. The summed E-state index contributed by atoms with van der Waals surface area (Å²) in [6.45, 7) is 1.76. The first kappa shape index (κ1) is 19.4. The lowest BCUT2D eigenvalue weighted by molar-refractivity contribution is -0.140. The molecule has 2 aliphatic rings. The van der Waals surface area contributed by atoms with Crippen molar-refractivity contribution in [3.8, 4) is 11.4 Å². The molecule has 1 unspecified atom stereocenters. The van der Waals surface area contributed by atoms with Crippen LogP contribution in [0.3, 0.4) is 0 Å². The molecule has 1 saturated heterocycles. The fraction of sp³-hybridized carbons (Fsp3) is 0.364. The molecule has 1 aliphatic carbocycles. The third-order valence-electron chi connectivity index (χ3n) is 6.13. The standard InChI is InChI=1S/C22H20F3N7/c23-22(24,25)17-7-14-13(4-6-28-19(14)31-17)20-30-16-10-27-9-15(11-1-2-11)18(16)21(32-20)29-12-3-5-26-8-12/h4,6-7,9-12,26H,1-3,5,8H2,(H,28,31)(H,29,30,32). The molecular weight excluding hydrogens is 419 g/mol. The van der Waals surface area contributed by atoms with Gasteiger partial charge in [0.2, 0.25) is 0 Å². The Balaban J connectivity index is 1.55. The second kappa shape index (κ2) is 7.13. The smallest absolute Gasteiger partial charge is 0.365 e. The Morgan fingerprint density at radius 2 is 1.97 bits per heavy atom. The molecule has 1 aliphatic heterocycles. The van der Waals surface area contributed by atoms with Crippen molar-refractivity contribution in [3.05, 3.63) is 42.0 Å². The summed E-state index contributed by atoms with van der Waals surface area (Å²) in [6, 6.07) is 2.94. The molecule has 2 fully saturated rings. The van der Waals surface area contributed by atoms with E-state index in [1.54, 1.807) is 12.3 Å². The molecule has 0 bridgehead atoms. The van der Waals surface area contributed by atoms with Crippen LogP contribution in [-0.4, -0.2) is 44.1 Å². The maximum absolute atomic E-state index is 13.3. The van der Waals surface area contributed by atoms with Crippen molar-refractivity contribution in [1.29, 1.82) is 0 Å². The molecule has 3 N–H and O–H groups in total. The minimum absolute atomic E-state index is 0.151. The highest BCUT2D eigenvalue weighted by atomic mass is 19.4. The van der Waals surface area contributed by atoms with Gasteiger partial charge < -0.3 is 15.6 Å². The molecule has 1 atom stereocenters. The maximum atomic E-state index is 13.3. The maximum Gasteiger partial charge on any atom is 0.431 e. The highest BCUT2D eigenvalue weighted by molar-refractivity contribution is 5.97. The van der Waals surface area contributed by atoms with Gasteiger partial charge in [-0.1, -0.05) is 0 Å². The summed E-state index contributed by atoms with van der Waals surface area (Å²) in [6.07, 6.45) is 3.75. The lowest BCUT2D eigenvalue weighted by Crippen LogP contribution is -2.23. The van der Waals surface area contributed by atoms with Crippen LogP contribution in [0.5, 0.6) is 0 Å². The fourth-order valence-electron chi connectivity index (χ4n) is 4.38. The average molecular weight is 439 g/mol. The topological polar surface area (TPSA) is 91.4 Å². The Morgan fingerprint density at radius 1 is 1.09 bits per heavy atom. The number of nitrogens with zero attached hydrogens (tertiary/aromatic N) is 4. The molecule has 5 heterocycles.